The molecule has 2 heteroatoms. The number of unbranched alkanes of at least 4 members (excludes halogenated alkanes) is 1. The molecule has 0 unspecified atom stereocenters. The van der Waals surface area contributed by atoms with Gasteiger partial charge in [-0.3, -0.25) is 0 Å². The molecule has 0 saturated heterocycles. The summed E-state index contributed by atoms with van der Waals surface area (Å²) in [5.41, 5.74) is 2.32. The number of hydrogen-bond donors (Lipinski definition) is 0. The van der Waals surface area contributed by atoms with Crippen LogP contribution in [0.3, 0.4) is 0 Å². The van der Waals surface area contributed by atoms with Gasteiger partial charge in [0, 0.05) is 17.5 Å². The van der Waals surface area contributed by atoms with Gasteiger partial charge in [0.05, 0.1) is 17.2 Å². The van der Waals surface area contributed by atoms with E-state index in [1.54, 1.807) is 36.4 Å². The van der Waals surface area contributed by atoms with Crippen molar-refractivity contribution in [3.05, 3.63) is 70.5 Å². The van der Waals surface area contributed by atoms with Crippen LogP contribution in [0.25, 0.3) is 0 Å². The number of rotatable bonds is 1. The van der Waals surface area contributed by atoms with E-state index in [0.717, 1.165) is 18.4 Å². The maximum absolute atomic E-state index is 14.0. The lowest BCUT2D eigenvalue weighted by Gasteiger charge is -1.96. The maximum atomic E-state index is 14.0. The molecule has 0 saturated carbocycles. The summed E-state index contributed by atoms with van der Waals surface area (Å²) in [5.74, 6) is 11.2. The van der Waals surface area contributed by atoms with Crippen LogP contribution in [0.4, 0.5) is 4.39 Å². The van der Waals surface area contributed by atoms with E-state index in [4.69, 9.17) is 5.26 Å². The molecule has 0 aliphatic rings. The van der Waals surface area contributed by atoms with Gasteiger partial charge in [-0.2, -0.15) is 5.26 Å². The Bertz CT molecular complexity index is 818. The van der Waals surface area contributed by atoms with Crippen molar-refractivity contribution in [3.63, 3.8) is 0 Å². The Kier molecular flexibility index (Phi) is 5.37. The predicted molar refractivity (Wildman–Crippen MR) is 85.3 cm³/mol. The lowest BCUT2D eigenvalue weighted by molar-refractivity contribution is 0.624. The molecule has 2 aromatic carbocycles. The van der Waals surface area contributed by atoms with Crippen molar-refractivity contribution >= 4 is 0 Å². The highest BCUT2D eigenvalue weighted by molar-refractivity contribution is 5.47. The Morgan fingerprint density at radius 3 is 2.23 bits per heavy atom. The van der Waals surface area contributed by atoms with Gasteiger partial charge in [0.15, 0.2) is 0 Å². The Morgan fingerprint density at radius 2 is 1.59 bits per heavy atom. The Morgan fingerprint density at radius 1 is 0.909 bits per heavy atom. The molecule has 2 aromatic rings. The first kappa shape index (κ1) is 15.4. The third-order valence-electron chi connectivity index (χ3n) is 2.93. The fourth-order valence-corrected chi connectivity index (χ4v) is 1.75. The van der Waals surface area contributed by atoms with Crippen LogP contribution in [-0.2, 0) is 0 Å². The first-order chi connectivity index (χ1) is 10.7. The molecule has 0 fully saturated rings. The molecule has 106 valence electrons. The molecular formula is C20H14FN. The molecule has 0 heterocycles. The van der Waals surface area contributed by atoms with Crippen LogP contribution in [-0.4, -0.2) is 0 Å². The molecule has 22 heavy (non-hydrogen) atoms. The minimum atomic E-state index is -0.371. The van der Waals surface area contributed by atoms with Gasteiger partial charge < -0.3 is 0 Å². The summed E-state index contributed by atoms with van der Waals surface area (Å²) in [4.78, 5) is 0. The topological polar surface area (TPSA) is 23.8 Å². The normalized spacial score (nSPS) is 8.95. The molecule has 0 N–H and O–H groups in total. The van der Waals surface area contributed by atoms with Gasteiger partial charge in [0.25, 0.3) is 0 Å². The summed E-state index contributed by atoms with van der Waals surface area (Å²) < 4.78 is 14.0. The predicted octanol–water partition coefficient (Wildman–Crippen LogP) is 4.25. The molecule has 0 spiro atoms. The second-order valence-electron chi connectivity index (χ2n) is 4.69. The lowest BCUT2D eigenvalue weighted by Crippen LogP contribution is -1.86. The number of benzene rings is 2. The van der Waals surface area contributed by atoms with E-state index in [9.17, 15) is 4.39 Å². The van der Waals surface area contributed by atoms with Crippen LogP contribution >= 0.6 is 0 Å². The van der Waals surface area contributed by atoms with Gasteiger partial charge in [-0.15, -0.1) is 0 Å². The molecule has 0 atom stereocenters. The average Bonchev–Trinajstić information content (AvgIpc) is 2.55. The lowest BCUT2D eigenvalue weighted by atomic mass is 10.1. The Labute approximate surface area is 130 Å². The van der Waals surface area contributed by atoms with Gasteiger partial charge in [-0.1, -0.05) is 30.6 Å². The van der Waals surface area contributed by atoms with Crippen molar-refractivity contribution < 1.29 is 4.39 Å². The molecule has 0 radical (unpaired) electrons. The number of nitriles is 1. The zero-order chi connectivity index (χ0) is 15.8. The average molecular weight is 287 g/mol. The van der Waals surface area contributed by atoms with Gasteiger partial charge in [0.2, 0.25) is 0 Å². The van der Waals surface area contributed by atoms with E-state index in [0.29, 0.717) is 16.7 Å². The van der Waals surface area contributed by atoms with E-state index < -0.39 is 0 Å². The molecule has 1 nitrogen and oxygen atoms in total. The third kappa shape index (κ3) is 4.24. The maximum Gasteiger partial charge on any atom is 0.140 e. The SMILES string of the molecule is CCCC#Cc1ccc(C#Cc2ccc(C#N)cc2)c(F)c1. The first-order valence-electron chi connectivity index (χ1n) is 7.03. The first-order valence-corrected chi connectivity index (χ1v) is 7.03. The molecule has 0 amide bonds. The van der Waals surface area contributed by atoms with Crippen molar-refractivity contribution in [2.75, 3.05) is 0 Å². The number of nitrogens with zero attached hydrogens (tertiary/aromatic N) is 1. The summed E-state index contributed by atoms with van der Waals surface area (Å²) in [7, 11) is 0. The van der Waals surface area contributed by atoms with Crippen LogP contribution in [0.1, 0.15) is 42.0 Å². The highest BCUT2D eigenvalue weighted by Crippen LogP contribution is 2.09. The molecule has 0 aliphatic carbocycles. The van der Waals surface area contributed by atoms with E-state index in [1.807, 2.05) is 6.07 Å². The second-order valence-corrected chi connectivity index (χ2v) is 4.69. The fourth-order valence-electron chi connectivity index (χ4n) is 1.75. The van der Waals surface area contributed by atoms with Crippen molar-refractivity contribution in [1.82, 2.24) is 0 Å². The number of halogens is 1. The zero-order valence-corrected chi connectivity index (χ0v) is 12.3. The highest BCUT2D eigenvalue weighted by Gasteiger charge is 1.99. The Hall–Kier alpha value is -3.02. The van der Waals surface area contributed by atoms with Crippen molar-refractivity contribution in [3.8, 4) is 29.8 Å². The summed E-state index contributed by atoms with van der Waals surface area (Å²) in [6.45, 7) is 2.05. The fraction of sp³-hybridized carbons (Fsp3) is 0.150. The molecule has 0 bridgehead atoms. The quantitative estimate of drug-likeness (QED) is 0.719. The monoisotopic (exact) mass is 287 g/mol. The van der Waals surface area contributed by atoms with Crippen LogP contribution in [0.2, 0.25) is 0 Å². The van der Waals surface area contributed by atoms with Crippen LogP contribution in [0.5, 0.6) is 0 Å². The van der Waals surface area contributed by atoms with Crippen LogP contribution < -0.4 is 0 Å². The van der Waals surface area contributed by atoms with Crippen LogP contribution in [0, 0.1) is 40.8 Å². The van der Waals surface area contributed by atoms with Gasteiger partial charge >= 0.3 is 0 Å². The summed E-state index contributed by atoms with van der Waals surface area (Å²) in [6.07, 6.45) is 1.80. The third-order valence-corrected chi connectivity index (χ3v) is 2.93. The molecule has 2 rings (SSSR count). The Balaban J connectivity index is 2.19. The van der Waals surface area contributed by atoms with E-state index >= 15 is 0 Å². The summed E-state index contributed by atoms with van der Waals surface area (Å²) in [6, 6.07) is 13.7. The second kappa shape index (κ2) is 7.68. The molecular weight excluding hydrogens is 273 g/mol. The largest absolute Gasteiger partial charge is 0.206 e. The smallest absolute Gasteiger partial charge is 0.140 e. The van der Waals surface area contributed by atoms with E-state index in [-0.39, 0.29) is 5.82 Å². The minimum Gasteiger partial charge on any atom is -0.206 e. The van der Waals surface area contributed by atoms with Crippen molar-refractivity contribution in [2.45, 2.75) is 19.8 Å². The van der Waals surface area contributed by atoms with Crippen molar-refractivity contribution in [2.24, 2.45) is 0 Å². The molecule has 0 aliphatic heterocycles. The standard InChI is InChI=1S/C20H14FN/c1-2-3-4-5-17-11-13-19(20(21)14-17)12-10-16-6-8-18(15-22)9-7-16/h6-9,11,13-14H,2-3H2,1H3. The highest BCUT2D eigenvalue weighted by atomic mass is 19.1. The van der Waals surface area contributed by atoms with Crippen LogP contribution in [0.15, 0.2) is 42.5 Å². The van der Waals surface area contributed by atoms with Gasteiger partial charge in [0.1, 0.15) is 5.82 Å². The molecule has 0 aromatic heterocycles. The number of hydrogen-bond acceptors (Lipinski definition) is 1. The minimum absolute atomic E-state index is 0.338. The van der Waals surface area contributed by atoms with E-state index in [1.165, 1.54) is 6.07 Å². The van der Waals surface area contributed by atoms with Gasteiger partial charge in [-0.05, 0) is 48.9 Å². The zero-order valence-electron chi connectivity index (χ0n) is 12.3. The summed E-state index contributed by atoms with van der Waals surface area (Å²) >= 11 is 0. The summed E-state index contributed by atoms with van der Waals surface area (Å²) in [5, 5.41) is 8.73. The van der Waals surface area contributed by atoms with Crippen molar-refractivity contribution in [1.29, 1.82) is 5.26 Å². The van der Waals surface area contributed by atoms with Gasteiger partial charge in [-0.25, -0.2) is 4.39 Å². The van der Waals surface area contributed by atoms with E-state index in [2.05, 4.69) is 30.6 Å².